The van der Waals surface area contributed by atoms with Crippen molar-refractivity contribution in [2.45, 2.75) is 26.2 Å². The van der Waals surface area contributed by atoms with Gasteiger partial charge < -0.3 is 15.4 Å². The van der Waals surface area contributed by atoms with Gasteiger partial charge in [-0.15, -0.1) is 0 Å². The molecule has 1 saturated carbocycles. The monoisotopic (exact) mass is 288 g/mol. The van der Waals surface area contributed by atoms with E-state index in [1.54, 1.807) is 0 Å². The lowest BCUT2D eigenvalue weighted by molar-refractivity contribution is 0.0777. The number of amides is 1. The Balaban J connectivity index is 1.59. The standard InChI is InChI=1S/C17H24N2O2/c1-17(11-18)8-9-19(12-17)16(20)14-4-6-15(7-5-14)21-10-13-2-3-13/h4-7,13H,2-3,8-12,18H2,1H3. The smallest absolute Gasteiger partial charge is 0.253 e. The normalized spacial score (nSPS) is 25.1. The molecule has 1 amide bonds. The SMILES string of the molecule is CC1(CN)CCN(C(=O)c2ccc(OCC3CC3)cc2)C1. The van der Waals surface area contributed by atoms with Gasteiger partial charge in [-0.25, -0.2) is 0 Å². The summed E-state index contributed by atoms with van der Waals surface area (Å²) >= 11 is 0. The number of benzene rings is 1. The Morgan fingerprint density at radius 1 is 1.38 bits per heavy atom. The second-order valence-corrected chi connectivity index (χ2v) is 6.77. The molecule has 0 aromatic heterocycles. The van der Waals surface area contributed by atoms with Crippen LogP contribution in [0.3, 0.4) is 0 Å². The summed E-state index contributed by atoms with van der Waals surface area (Å²) in [5.41, 5.74) is 6.60. The van der Waals surface area contributed by atoms with Crippen LogP contribution in [0, 0.1) is 11.3 Å². The molecule has 0 spiro atoms. The maximum Gasteiger partial charge on any atom is 0.253 e. The molecular weight excluding hydrogens is 264 g/mol. The van der Waals surface area contributed by atoms with Gasteiger partial charge in [0.2, 0.25) is 0 Å². The molecule has 1 aromatic rings. The molecule has 1 saturated heterocycles. The molecular formula is C17H24N2O2. The van der Waals surface area contributed by atoms with Gasteiger partial charge in [0.05, 0.1) is 6.61 Å². The molecule has 1 heterocycles. The topological polar surface area (TPSA) is 55.6 Å². The fourth-order valence-corrected chi connectivity index (χ4v) is 2.74. The van der Waals surface area contributed by atoms with Crippen molar-refractivity contribution in [2.75, 3.05) is 26.2 Å². The van der Waals surface area contributed by atoms with Crippen LogP contribution >= 0.6 is 0 Å². The van der Waals surface area contributed by atoms with E-state index in [1.807, 2.05) is 29.2 Å². The van der Waals surface area contributed by atoms with Crippen LogP contribution in [0.4, 0.5) is 0 Å². The summed E-state index contributed by atoms with van der Waals surface area (Å²) < 4.78 is 5.70. The first-order chi connectivity index (χ1) is 10.1. The lowest BCUT2D eigenvalue weighted by Gasteiger charge is -2.22. The van der Waals surface area contributed by atoms with Gasteiger partial charge in [0.1, 0.15) is 5.75 Å². The Hall–Kier alpha value is -1.55. The molecule has 1 aliphatic carbocycles. The van der Waals surface area contributed by atoms with E-state index >= 15 is 0 Å². The Labute approximate surface area is 126 Å². The summed E-state index contributed by atoms with van der Waals surface area (Å²) in [6, 6.07) is 7.52. The number of rotatable bonds is 5. The van der Waals surface area contributed by atoms with Gasteiger partial charge in [-0.3, -0.25) is 4.79 Å². The van der Waals surface area contributed by atoms with Crippen LogP contribution in [0.5, 0.6) is 5.75 Å². The zero-order chi connectivity index (χ0) is 14.9. The third-order valence-corrected chi connectivity index (χ3v) is 4.62. The number of ether oxygens (including phenoxy) is 1. The first-order valence-corrected chi connectivity index (χ1v) is 7.82. The van der Waals surface area contributed by atoms with Crippen LogP contribution in [-0.2, 0) is 0 Å². The molecule has 114 valence electrons. The van der Waals surface area contributed by atoms with E-state index in [1.165, 1.54) is 12.8 Å². The summed E-state index contributed by atoms with van der Waals surface area (Å²) in [5.74, 6) is 1.69. The third-order valence-electron chi connectivity index (χ3n) is 4.62. The Morgan fingerprint density at radius 2 is 2.10 bits per heavy atom. The number of nitrogens with zero attached hydrogens (tertiary/aromatic N) is 1. The summed E-state index contributed by atoms with van der Waals surface area (Å²) in [5, 5.41) is 0. The second-order valence-electron chi connectivity index (χ2n) is 6.77. The highest BCUT2D eigenvalue weighted by Gasteiger charge is 2.35. The molecule has 0 radical (unpaired) electrons. The molecule has 2 fully saturated rings. The molecule has 1 unspecified atom stereocenters. The molecule has 2 N–H and O–H groups in total. The molecule has 1 aliphatic heterocycles. The minimum Gasteiger partial charge on any atom is -0.493 e. The number of carbonyl (C=O) groups excluding carboxylic acids is 1. The van der Waals surface area contributed by atoms with Crippen molar-refractivity contribution in [1.82, 2.24) is 4.90 Å². The van der Waals surface area contributed by atoms with Crippen molar-refractivity contribution < 1.29 is 9.53 Å². The van der Waals surface area contributed by atoms with Gasteiger partial charge in [-0.05, 0) is 61.4 Å². The number of hydrogen-bond donors (Lipinski definition) is 1. The molecule has 4 nitrogen and oxygen atoms in total. The van der Waals surface area contributed by atoms with E-state index in [0.717, 1.165) is 43.3 Å². The summed E-state index contributed by atoms with van der Waals surface area (Å²) in [4.78, 5) is 14.4. The van der Waals surface area contributed by atoms with Gasteiger partial charge in [0.25, 0.3) is 5.91 Å². The molecule has 4 heteroatoms. The molecule has 1 atom stereocenters. The van der Waals surface area contributed by atoms with E-state index < -0.39 is 0 Å². The van der Waals surface area contributed by atoms with Crippen LogP contribution in [0.25, 0.3) is 0 Å². The van der Waals surface area contributed by atoms with Crippen LogP contribution in [0.2, 0.25) is 0 Å². The Morgan fingerprint density at radius 3 is 2.67 bits per heavy atom. The minimum atomic E-state index is 0.0724. The van der Waals surface area contributed by atoms with Gasteiger partial charge in [0.15, 0.2) is 0 Å². The van der Waals surface area contributed by atoms with Crippen molar-refractivity contribution in [1.29, 1.82) is 0 Å². The van der Waals surface area contributed by atoms with Crippen LogP contribution in [0.1, 0.15) is 36.5 Å². The molecule has 21 heavy (non-hydrogen) atoms. The maximum atomic E-state index is 12.5. The maximum absolute atomic E-state index is 12.5. The van der Waals surface area contributed by atoms with E-state index in [0.29, 0.717) is 6.54 Å². The van der Waals surface area contributed by atoms with Crippen LogP contribution in [-0.4, -0.2) is 37.0 Å². The fourth-order valence-electron chi connectivity index (χ4n) is 2.74. The van der Waals surface area contributed by atoms with Crippen molar-refractivity contribution in [3.8, 4) is 5.75 Å². The van der Waals surface area contributed by atoms with E-state index in [9.17, 15) is 4.79 Å². The highest BCUT2D eigenvalue weighted by atomic mass is 16.5. The number of carbonyl (C=O) groups is 1. The van der Waals surface area contributed by atoms with Crippen molar-refractivity contribution >= 4 is 5.91 Å². The Kier molecular flexibility index (Phi) is 3.89. The molecule has 2 aliphatic rings. The van der Waals surface area contributed by atoms with E-state index in [2.05, 4.69) is 6.92 Å². The summed E-state index contributed by atoms with van der Waals surface area (Å²) in [7, 11) is 0. The second kappa shape index (κ2) is 5.68. The number of nitrogens with two attached hydrogens (primary N) is 1. The average molecular weight is 288 g/mol. The lowest BCUT2D eigenvalue weighted by atomic mass is 9.90. The molecule has 3 rings (SSSR count). The average Bonchev–Trinajstić information content (AvgIpc) is 3.26. The predicted octanol–water partition coefficient (Wildman–Crippen LogP) is 2.29. The van der Waals surface area contributed by atoms with Gasteiger partial charge in [-0.2, -0.15) is 0 Å². The van der Waals surface area contributed by atoms with Crippen molar-refractivity contribution in [3.05, 3.63) is 29.8 Å². The molecule has 0 bridgehead atoms. The third kappa shape index (κ3) is 3.38. The van der Waals surface area contributed by atoms with Crippen LogP contribution in [0.15, 0.2) is 24.3 Å². The summed E-state index contributed by atoms with van der Waals surface area (Å²) in [6.07, 6.45) is 3.55. The minimum absolute atomic E-state index is 0.0724. The quantitative estimate of drug-likeness (QED) is 0.904. The Bertz CT molecular complexity index is 510. The van der Waals surface area contributed by atoms with E-state index in [-0.39, 0.29) is 11.3 Å². The van der Waals surface area contributed by atoms with Gasteiger partial charge in [-0.1, -0.05) is 6.92 Å². The highest BCUT2D eigenvalue weighted by Crippen LogP contribution is 2.31. The first kappa shape index (κ1) is 14.4. The number of likely N-dealkylation sites (tertiary alicyclic amines) is 1. The highest BCUT2D eigenvalue weighted by molar-refractivity contribution is 5.94. The van der Waals surface area contributed by atoms with E-state index in [4.69, 9.17) is 10.5 Å². The predicted molar refractivity (Wildman–Crippen MR) is 82.3 cm³/mol. The lowest BCUT2D eigenvalue weighted by Crippen LogP contribution is -2.34. The van der Waals surface area contributed by atoms with Gasteiger partial charge in [0, 0.05) is 18.7 Å². The first-order valence-electron chi connectivity index (χ1n) is 7.82. The fraction of sp³-hybridized carbons (Fsp3) is 0.588. The summed E-state index contributed by atoms with van der Waals surface area (Å²) in [6.45, 7) is 5.13. The van der Waals surface area contributed by atoms with Crippen LogP contribution < -0.4 is 10.5 Å². The molecule has 1 aromatic carbocycles. The number of hydrogen-bond acceptors (Lipinski definition) is 3. The largest absolute Gasteiger partial charge is 0.493 e. The zero-order valence-electron chi connectivity index (χ0n) is 12.7. The van der Waals surface area contributed by atoms with Gasteiger partial charge >= 0.3 is 0 Å². The van der Waals surface area contributed by atoms with Crippen molar-refractivity contribution in [2.24, 2.45) is 17.1 Å². The van der Waals surface area contributed by atoms with Crippen molar-refractivity contribution in [3.63, 3.8) is 0 Å². The zero-order valence-corrected chi connectivity index (χ0v) is 12.7.